The third-order valence-electron chi connectivity index (χ3n) is 1.68. The van der Waals surface area contributed by atoms with Crippen LogP contribution in [0, 0.1) is 6.92 Å². The van der Waals surface area contributed by atoms with Crippen molar-refractivity contribution in [2.75, 3.05) is 0 Å². The molecule has 0 atom stereocenters. The second-order valence-electron chi connectivity index (χ2n) is 2.47. The molecular weight excluding hydrogens is 142 g/mol. The Hall–Kier alpha value is -1.25. The van der Waals surface area contributed by atoms with Gasteiger partial charge in [-0.1, -0.05) is 0 Å². The van der Waals surface area contributed by atoms with Crippen molar-refractivity contribution < 1.29 is 14.8 Å². The summed E-state index contributed by atoms with van der Waals surface area (Å²) in [6.45, 7) is 4.64. The van der Waals surface area contributed by atoms with Crippen molar-refractivity contribution in [3.8, 4) is 11.5 Å². The largest absolute Gasteiger partial charge is 0.504 e. The Balaban J connectivity index is 3.21. The molecule has 0 saturated carbocycles. The van der Waals surface area contributed by atoms with Gasteiger partial charge in [-0.2, -0.15) is 4.57 Å². The van der Waals surface area contributed by atoms with E-state index in [4.69, 9.17) is 10.2 Å². The summed E-state index contributed by atoms with van der Waals surface area (Å²) in [5, 5.41) is 18.1. The molecule has 1 aromatic heterocycles. The molecule has 0 saturated heterocycles. The van der Waals surface area contributed by atoms with Crippen molar-refractivity contribution in [3.05, 3.63) is 18.0 Å². The molecule has 1 rings (SSSR count). The average molecular weight is 154 g/mol. The van der Waals surface area contributed by atoms with Gasteiger partial charge in [0.2, 0.25) is 11.9 Å². The van der Waals surface area contributed by atoms with E-state index in [-0.39, 0.29) is 11.5 Å². The maximum absolute atomic E-state index is 9.08. The zero-order valence-corrected chi connectivity index (χ0v) is 6.70. The van der Waals surface area contributed by atoms with Crippen LogP contribution in [0.25, 0.3) is 0 Å². The van der Waals surface area contributed by atoms with Gasteiger partial charge in [-0.05, 0) is 6.92 Å². The molecule has 0 aliphatic heterocycles. The van der Waals surface area contributed by atoms with Crippen LogP contribution in [0.5, 0.6) is 11.5 Å². The maximum atomic E-state index is 9.08. The monoisotopic (exact) mass is 154 g/mol. The topological polar surface area (TPSA) is 44.3 Å². The zero-order chi connectivity index (χ0) is 8.43. The SMILES string of the molecule is CC[n+]1cc(O)c(O)cc1C. The molecule has 3 heteroatoms. The first kappa shape index (κ1) is 7.85. The second-order valence-corrected chi connectivity index (χ2v) is 2.47. The number of aryl methyl sites for hydroxylation is 2. The molecular formula is C8H12NO2+. The minimum absolute atomic E-state index is 0.0628. The maximum Gasteiger partial charge on any atom is 0.223 e. The van der Waals surface area contributed by atoms with E-state index in [1.54, 1.807) is 6.07 Å². The fourth-order valence-corrected chi connectivity index (χ4v) is 1.01. The van der Waals surface area contributed by atoms with E-state index in [1.807, 2.05) is 18.4 Å². The fraction of sp³-hybridized carbons (Fsp3) is 0.375. The van der Waals surface area contributed by atoms with Gasteiger partial charge < -0.3 is 10.2 Å². The van der Waals surface area contributed by atoms with Crippen LogP contribution in [-0.2, 0) is 6.54 Å². The summed E-state index contributed by atoms with van der Waals surface area (Å²) in [5.74, 6) is -0.135. The summed E-state index contributed by atoms with van der Waals surface area (Å²) in [6, 6.07) is 1.54. The molecule has 11 heavy (non-hydrogen) atoms. The first-order valence-corrected chi connectivity index (χ1v) is 3.57. The van der Waals surface area contributed by atoms with E-state index in [9.17, 15) is 0 Å². The minimum Gasteiger partial charge on any atom is -0.504 e. The van der Waals surface area contributed by atoms with E-state index >= 15 is 0 Å². The van der Waals surface area contributed by atoms with Gasteiger partial charge in [-0.15, -0.1) is 0 Å². The normalized spacial score (nSPS) is 10.0. The number of aromatic nitrogens is 1. The standard InChI is InChI=1S/C8H11NO2/c1-3-9-5-8(11)7(10)4-6(9)2/h4-5,11H,3H2,1-2H3/p+1. The summed E-state index contributed by atoms with van der Waals surface area (Å²) in [5.41, 5.74) is 0.933. The van der Waals surface area contributed by atoms with Crippen LogP contribution in [0.4, 0.5) is 0 Å². The van der Waals surface area contributed by atoms with Crippen LogP contribution in [0.2, 0.25) is 0 Å². The molecule has 0 bridgehead atoms. The Morgan fingerprint density at radius 2 is 2.00 bits per heavy atom. The molecule has 0 aromatic carbocycles. The molecule has 0 fully saturated rings. The molecule has 60 valence electrons. The lowest BCUT2D eigenvalue weighted by atomic mass is 10.3. The van der Waals surface area contributed by atoms with Gasteiger partial charge in [0.1, 0.15) is 6.54 Å². The van der Waals surface area contributed by atoms with E-state index in [1.165, 1.54) is 6.20 Å². The molecule has 0 spiro atoms. The number of rotatable bonds is 1. The molecule has 0 aliphatic carbocycles. The van der Waals surface area contributed by atoms with Crippen molar-refractivity contribution in [3.63, 3.8) is 0 Å². The highest BCUT2D eigenvalue weighted by Crippen LogP contribution is 2.21. The third kappa shape index (κ3) is 1.42. The number of aromatic hydroxyl groups is 2. The Morgan fingerprint density at radius 1 is 1.36 bits per heavy atom. The zero-order valence-electron chi connectivity index (χ0n) is 6.70. The number of hydrogen-bond acceptors (Lipinski definition) is 2. The molecule has 0 aliphatic rings. The van der Waals surface area contributed by atoms with Crippen LogP contribution >= 0.6 is 0 Å². The van der Waals surface area contributed by atoms with E-state index in [0.717, 1.165) is 12.2 Å². The first-order valence-electron chi connectivity index (χ1n) is 3.57. The Bertz CT molecular complexity index is 271. The highest BCUT2D eigenvalue weighted by Gasteiger charge is 2.09. The molecule has 0 radical (unpaired) electrons. The average Bonchev–Trinajstić information content (AvgIpc) is 1.97. The van der Waals surface area contributed by atoms with Gasteiger partial charge in [0, 0.05) is 6.92 Å². The van der Waals surface area contributed by atoms with Crippen LogP contribution in [0.3, 0.4) is 0 Å². The summed E-state index contributed by atoms with van der Waals surface area (Å²) in [6.07, 6.45) is 1.52. The van der Waals surface area contributed by atoms with Crippen molar-refractivity contribution in [1.29, 1.82) is 0 Å². The summed E-state index contributed by atoms with van der Waals surface area (Å²) in [7, 11) is 0. The van der Waals surface area contributed by atoms with Crippen molar-refractivity contribution >= 4 is 0 Å². The molecule has 1 aromatic rings. The fourth-order valence-electron chi connectivity index (χ4n) is 1.01. The van der Waals surface area contributed by atoms with Gasteiger partial charge in [-0.25, -0.2) is 0 Å². The van der Waals surface area contributed by atoms with Crippen molar-refractivity contribution in [2.45, 2.75) is 20.4 Å². The summed E-state index contributed by atoms with van der Waals surface area (Å²) < 4.78 is 1.86. The molecule has 0 unspecified atom stereocenters. The van der Waals surface area contributed by atoms with Crippen LogP contribution in [0.1, 0.15) is 12.6 Å². The Kier molecular flexibility index (Phi) is 1.98. The summed E-state index contributed by atoms with van der Waals surface area (Å²) >= 11 is 0. The van der Waals surface area contributed by atoms with Crippen molar-refractivity contribution in [1.82, 2.24) is 0 Å². The molecule has 3 nitrogen and oxygen atoms in total. The van der Waals surface area contributed by atoms with Crippen LogP contribution in [0.15, 0.2) is 12.3 Å². The summed E-state index contributed by atoms with van der Waals surface area (Å²) in [4.78, 5) is 0. The lowest BCUT2D eigenvalue weighted by Crippen LogP contribution is -2.34. The number of hydrogen-bond donors (Lipinski definition) is 2. The Labute approximate surface area is 65.5 Å². The van der Waals surface area contributed by atoms with Gasteiger partial charge in [0.05, 0.1) is 6.07 Å². The molecule has 1 heterocycles. The highest BCUT2D eigenvalue weighted by atomic mass is 16.3. The van der Waals surface area contributed by atoms with Crippen LogP contribution < -0.4 is 4.57 Å². The van der Waals surface area contributed by atoms with Crippen molar-refractivity contribution in [2.24, 2.45) is 0 Å². The third-order valence-corrected chi connectivity index (χ3v) is 1.68. The lowest BCUT2D eigenvalue weighted by Gasteiger charge is -1.99. The van der Waals surface area contributed by atoms with Gasteiger partial charge in [0.25, 0.3) is 0 Å². The predicted molar refractivity (Wildman–Crippen MR) is 40.4 cm³/mol. The second kappa shape index (κ2) is 2.78. The van der Waals surface area contributed by atoms with E-state index in [2.05, 4.69) is 0 Å². The minimum atomic E-state index is -0.0718. The van der Waals surface area contributed by atoms with E-state index < -0.39 is 0 Å². The van der Waals surface area contributed by atoms with Gasteiger partial charge in [0.15, 0.2) is 11.4 Å². The Morgan fingerprint density at radius 3 is 2.55 bits per heavy atom. The quantitative estimate of drug-likeness (QED) is 0.585. The van der Waals surface area contributed by atoms with Gasteiger partial charge >= 0.3 is 0 Å². The van der Waals surface area contributed by atoms with E-state index in [0.29, 0.717) is 0 Å². The molecule has 0 amide bonds. The highest BCUT2D eigenvalue weighted by molar-refractivity contribution is 5.33. The van der Waals surface area contributed by atoms with Gasteiger partial charge in [-0.3, -0.25) is 0 Å². The van der Waals surface area contributed by atoms with Crippen LogP contribution in [-0.4, -0.2) is 10.2 Å². The first-order chi connectivity index (χ1) is 5.15. The predicted octanol–water partition coefficient (Wildman–Crippen LogP) is 0.714. The smallest absolute Gasteiger partial charge is 0.223 e. The lowest BCUT2D eigenvalue weighted by molar-refractivity contribution is -0.699. The number of nitrogens with zero attached hydrogens (tertiary/aromatic N) is 1. The molecule has 2 N–H and O–H groups in total. The number of pyridine rings is 1.